The van der Waals surface area contributed by atoms with Gasteiger partial charge in [-0.25, -0.2) is 8.42 Å². The molecule has 8 heteroatoms. The Balaban J connectivity index is 1.65. The lowest BCUT2D eigenvalue weighted by Gasteiger charge is -2.25. The number of hydrogen-bond donors (Lipinski definition) is 0. The number of carbonyl (C=O) groups excluding carboxylic acids is 1. The number of nitrogens with zero attached hydrogens (tertiary/aromatic N) is 3. The van der Waals surface area contributed by atoms with Gasteiger partial charge in [-0.2, -0.15) is 4.31 Å². The lowest BCUT2D eigenvalue weighted by atomic mass is 10.2. The summed E-state index contributed by atoms with van der Waals surface area (Å²) in [6, 6.07) is 10.9. The van der Waals surface area contributed by atoms with Crippen molar-refractivity contribution in [2.75, 3.05) is 33.3 Å². The second-order valence-corrected chi connectivity index (χ2v) is 8.96. The highest BCUT2D eigenvalue weighted by molar-refractivity contribution is 7.89. The Labute approximate surface area is 166 Å². The maximum atomic E-state index is 12.8. The van der Waals surface area contributed by atoms with E-state index in [9.17, 15) is 13.2 Å². The third kappa shape index (κ3) is 4.56. The second kappa shape index (κ2) is 8.79. The largest absolute Gasteiger partial charge is 0.492 e. The van der Waals surface area contributed by atoms with Crippen molar-refractivity contribution in [3.8, 4) is 5.75 Å². The monoisotopic (exact) mass is 405 g/mol. The number of hydrogen-bond acceptors (Lipinski definition) is 4. The Bertz CT molecular complexity index is 903. The topological polar surface area (TPSA) is 71.8 Å². The molecule has 1 amide bonds. The summed E-state index contributed by atoms with van der Waals surface area (Å²) in [6.45, 7) is 1.83. The molecular formula is C20H27N3O4S. The van der Waals surface area contributed by atoms with Crippen molar-refractivity contribution in [1.82, 2.24) is 13.8 Å². The van der Waals surface area contributed by atoms with E-state index < -0.39 is 10.0 Å². The van der Waals surface area contributed by atoms with Crippen molar-refractivity contribution < 1.29 is 17.9 Å². The summed E-state index contributed by atoms with van der Waals surface area (Å²) in [5.41, 5.74) is 0.345. The average molecular weight is 406 g/mol. The van der Waals surface area contributed by atoms with Gasteiger partial charge in [0.15, 0.2) is 0 Å². The Hall–Kier alpha value is -2.32. The van der Waals surface area contributed by atoms with Gasteiger partial charge in [0.05, 0.1) is 6.54 Å². The minimum absolute atomic E-state index is 0.175. The SMILES string of the molecule is CN(CCOc1ccccc1)C(=O)c1cc(S(=O)(=O)N2CCCCC2)cn1C. The number of sulfonamides is 1. The van der Waals surface area contributed by atoms with Gasteiger partial charge in [-0.15, -0.1) is 0 Å². The van der Waals surface area contributed by atoms with E-state index in [1.54, 1.807) is 18.7 Å². The molecule has 152 valence electrons. The zero-order valence-corrected chi connectivity index (χ0v) is 17.2. The van der Waals surface area contributed by atoms with Gasteiger partial charge in [0.1, 0.15) is 22.9 Å². The molecule has 1 saturated heterocycles. The fourth-order valence-corrected chi connectivity index (χ4v) is 4.85. The molecule has 3 rings (SSSR count). The molecule has 1 aromatic heterocycles. The van der Waals surface area contributed by atoms with E-state index >= 15 is 0 Å². The van der Waals surface area contributed by atoms with Crippen LogP contribution in [0.25, 0.3) is 0 Å². The van der Waals surface area contributed by atoms with Crippen LogP contribution in [0.3, 0.4) is 0 Å². The van der Waals surface area contributed by atoms with Crippen LogP contribution in [0.1, 0.15) is 29.8 Å². The molecule has 28 heavy (non-hydrogen) atoms. The van der Waals surface area contributed by atoms with Crippen molar-refractivity contribution in [3.05, 3.63) is 48.3 Å². The molecule has 2 heterocycles. The normalized spacial score (nSPS) is 15.4. The predicted molar refractivity (Wildman–Crippen MR) is 107 cm³/mol. The van der Waals surface area contributed by atoms with E-state index in [1.807, 2.05) is 30.3 Å². The first-order valence-electron chi connectivity index (χ1n) is 9.49. The number of aryl methyl sites for hydroxylation is 1. The minimum Gasteiger partial charge on any atom is -0.492 e. The molecule has 0 radical (unpaired) electrons. The van der Waals surface area contributed by atoms with Gasteiger partial charge in [-0.3, -0.25) is 4.79 Å². The van der Waals surface area contributed by atoms with Crippen LogP contribution >= 0.6 is 0 Å². The summed E-state index contributed by atoms with van der Waals surface area (Å²) in [7, 11) is -0.185. The van der Waals surface area contributed by atoms with E-state index in [0.29, 0.717) is 31.9 Å². The van der Waals surface area contributed by atoms with Crippen LogP contribution in [0.15, 0.2) is 47.5 Å². The number of ether oxygens (including phenoxy) is 1. The van der Waals surface area contributed by atoms with Crippen LogP contribution in [0.2, 0.25) is 0 Å². The van der Waals surface area contributed by atoms with Crippen molar-refractivity contribution in [2.24, 2.45) is 7.05 Å². The maximum absolute atomic E-state index is 12.8. The molecule has 0 aliphatic carbocycles. The van der Waals surface area contributed by atoms with Crippen LogP contribution in [0.4, 0.5) is 0 Å². The van der Waals surface area contributed by atoms with E-state index in [2.05, 4.69) is 0 Å². The number of benzene rings is 1. The number of para-hydroxylation sites is 1. The molecule has 1 aromatic carbocycles. The number of amides is 1. The van der Waals surface area contributed by atoms with Gasteiger partial charge in [0, 0.05) is 33.4 Å². The van der Waals surface area contributed by atoms with Crippen molar-refractivity contribution >= 4 is 15.9 Å². The first-order chi connectivity index (χ1) is 13.4. The van der Waals surface area contributed by atoms with Gasteiger partial charge in [0.25, 0.3) is 5.91 Å². The standard InChI is InChI=1S/C20H27N3O4S/c1-21(13-14-27-17-9-5-3-6-10-17)20(24)19-15-18(16-22(19)2)28(25,26)23-11-7-4-8-12-23/h3,5-6,9-10,15-16H,4,7-8,11-14H2,1-2H3. The molecule has 1 aliphatic heterocycles. The molecule has 0 spiro atoms. The second-order valence-electron chi connectivity index (χ2n) is 7.02. The summed E-state index contributed by atoms with van der Waals surface area (Å²) in [4.78, 5) is 14.5. The Morgan fingerprint density at radius 2 is 1.82 bits per heavy atom. The molecule has 0 bridgehead atoms. The fourth-order valence-electron chi connectivity index (χ4n) is 3.26. The lowest BCUT2D eigenvalue weighted by molar-refractivity contribution is 0.0764. The molecule has 0 atom stereocenters. The molecule has 0 unspecified atom stereocenters. The quantitative estimate of drug-likeness (QED) is 0.709. The highest BCUT2D eigenvalue weighted by Crippen LogP contribution is 2.22. The fraction of sp³-hybridized carbons (Fsp3) is 0.450. The third-order valence-electron chi connectivity index (χ3n) is 4.94. The average Bonchev–Trinajstić information content (AvgIpc) is 3.11. The minimum atomic E-state index is -3.56. The summed E-state index contributed by atoms with van der Waals surface area (Å²) in [6.07, 6.45) is 4.33. The molecule has 1 fully saturated rings. The summed E-state index contributed by atoms with van der Waals surface area (Å²) in [5.74, 6) is 0.511. The number of piperidine rings is 1. The number of likely N-dealkylation sites (N-methyl/N-ethyl adjacent to an activating group) is 1. The lowest BCUT2D eigenvalue weighted by Crippen LogP contribution is -2.35. The van der Waals surface area contributed by atoms with Gasteiger partial charge in [-0.05, 0) is 31.0 Å². The zero-order valence-electron chi connectivity index (χ0n) is 16.4. The van der Waals surface area contributed by atoms with Gasteiger partial charge in [-0.1, -0.05) is 24.6 Å². The van der Waals surface area contributed by atoms with Gasteiger partial charge in [0.2, 0.25) is 10.0 Å². The Morgan fingerprint density at radius 1 is 1.14 bits per heavy atom. The Kier molecular flexibility index (Phi) is 6.41. The van der Waals surface area contributed by atoms with Crippen molar-refractivity contribution in [1.29, 1.82) is 0 Å². The van der Waals surface area contributed by atoms with Gasteiger partial charge < -0.3 is 14.2 Å². The predicted octanol–water partition coefficient (Wildman–Crippen LogP) is 2.35. The van der Waals surface area contributed by atoms with Crippen LogP contribution in [-0.2, 0) is 17.1 Å². The zero-order chi connectivity index (χ0) is 20.1. The molecule has 0 saturated carbocycles. The van der Waals surface area contributed by atoms with E-state index in [0.717, 1.165) is 25.0 Å². The molecule has 7 nitrogen and oxygen atoms in total. The van der Waals surface area contributed by atoms with E-state index in [-0.39, 0.29) is 10.8 Å². The number of rotatable bonds is 7. The van der Waals surface area contributed by atoms with E-state index in [1.165, 1.54) is 21.5 Å². The first kappa shape index (κ1) is 20.4. The number of aromatic nitrogens is 1. The molecule has 1 aliphatic rings. The smallest absolute Gasteiger partial charge is 0.270 e. The molecule has 0 N–H and O–H groups in total. The van der Waals surface area contributed by atoms with Crippen LogP contribution in [0, 0.1) is 0 Å². The van der Waals surface area contributed by atoms with Crippen molar-refractivity contribution in [3.63, 3.8) is 0 Å². The van der Waals surface area contributed by atoms with E-state index in [4.69, 9.17) is 4.74 Å². The summed E-state index contributed by atoms with van der Waals surface area (Å²) in [5, 5.41) is 0. The highest BCUT2D eigenvalue weighted by Gasteiger charge is 2.29. The van der Waals surface area contributed by atoms with Crippen LogP contribution in [-0.4, -0.2) is 61.4 Å². The number of carbonyl (C=O) groups is 1. The summed E-state index contributed by atoms with van der Waals surface area (Å²) >= 11 is 0. The Morgan fingerprint density at radius 3 is 2.50 bits per heavy atom. The third-order valence-corrected chi connectivity index (χ3v) is 6.80. The van der Waals surface area contributed by atoms with Crippen molar-refractivity contribution in [2.45, 2.75) is 24.2 Å². The van der Waals surface area contributed by atoms with Gasteiger partial charge >= 0.3 is 0 Å². The van der Waals surface area contributed by atoms with Crippen LogP contribution < -0.4 is 4.74 Å². The maximum Gasteiger partial charge on any atom is 0.270 e. The molecular weight excluding hydrogens is 378 g/mol. The van der Waals surface area contributed by atoms with Crippen LogP contribution in [0.5, 0.6) is 5.75 Å². The highest BCUT2D eigenvalue weighted by atomic mass is 32.2. The summed E-state index contributed by atoms with van der Waals surface area (Å²) < 4.78 is 34.4. The first-order valence-corrected chi connectivity index (χ1v) is 10.9. The molecule has 2 aromatic rings.